The molecule has 2 amide bonds. The number of urea groups is 1. The Bertz CT molecular complexity index is 324. The maximum absolute atomic E-state index is 12.1. The van der Waals surface area contributed by atoms with Crippen LogP contribution in [0.1, 0.15) is 46.5 Å². The minimum absolute atomic E-state index is 0.0165. The lowest BCUT2D eigenvalue weighted by Crippen LogP contribution is -2.58. The quantitative estimate of drug-likeness (QED) is 0.791. The van der Waals surface area contributed by atoms with Gasteiger partial charge in [-0.25, -0.2) is 4.79 Å². The second-order valence-electron chi connectivity index (χ2n) is 5.73. The maximum Gasteiger partial charge on any atom is 0.317 e. The van der Waals surface area contributed by atoms with Crippen LogP contribution in [0, 0.1) is 5.92 Å². The third-order valence-electron chi connectivity index (χ3n) is 4.07. The molecule has 0 aliphatic heterocycles. The lowest BCUT2D eigenvalue weighted by atomic mass is 9.74. The number of hydrogen-bond donors (Lipinski definition) is 2. The molecule has 0 radical (unpaired) electrons. The highest BCUT2D eigenvalue weighted by Gasteiger charge is 2.41. The van der Waals surface area contributed by atoms with Crippen molar-refractivity contribution in [3.63, 3.8) is 0 Å². The number of nitrogens with zero attached hydrogens (tertiary/aromatic N) is 1. The van der Waals surface area contributed by atoms with Crippen LogP contribution in [0.2, 0.25) is 0 Å². The van der Waals surface area contributed by atoms with Crippen molar-refractivity contribution in [3.8, 4) is 0 Å². The molecule has 18 heavy (non-hydrogen) atoms. The van der Waals surface area contributed by atoms with E-state index in [9.17, 15) is 9.59 Å². The summed E-state index contributed by atoms with van der Waals surface area (Å²) in [7, 11) is 1.76. The number of hydrogen-bond acceptors (Lipinski definition) is 2. The van der Waals surface area contributed by atoms with Crippen molar-refractivity contribution >= 4 is 12.0 Å². The van der Waals surface area contributed by atoms with Crippen molar-refractivity contribution < 1.29 is 14.7 Å². The number of nitrogens with one attached hydrogen (secondary N) is 1. The van der Waals surface area contributed by atoms with Gasteiger partial charge < -0.3 is 15.3 Å². The van der Waals surface area contributed by atoms with E-state index in [2.05, 4.69) is 19.2 Å². The van der Waals surface area contributed by atoms with Gasteiger partial charge in [-0.05, 0) is 32.1 Å². The Morgan fingerprint density at radius 1 is 1.33 bits per heavy atom. The van der Waals surface area contributed by atoms with E-state index in [0.29, 0.717) is 5.92 Å². The predicted molar refractivity (Wildman–Crippen MR) is 69.4 cm³/mol. The van der Waals surface area contributed by atoms with Crippen LogP contribution in [0.3, 0.4) is 0 Å². The minimum Gasteiger partial charge on any atom is -0.481 e. The number of amides is 2. The summed E-state index contributed by atoms with van der Waals surface area (Å²) in [5, 5.41) is 11.8. The molecule has 0 heterocycles. The molecule has 5 nitrogen and oxygen atoms in total. The second-order valence-corrected chi connectivity index (χ2v) is 5.73. The van der Waals surface area contributed by atoms with E-state index in [1.54, 1.807) is 11.9 Å². The van der Waals surface area contributed by atoms with Crippen molar-refractivity contribution in [2.24, 2.45) is 5.92 Å². The van der Waals surface area contributed by atoms with E-state index in [1.807, 2.05) is 6.92 Å². The Hall–Kier alpha value is -1.26. The van der Waals surface area contributed by atoms with Gasteiger partial charge in [-0.3, -0.25) is 4.79 Å². The van der Waals surface area contributed by atoms with E-state index in [-0.39, 0.29) is 18.5 Å². The number of carboxylic acids is 1. The van der Waals surface area contributed by atoms with Crippen LogP contribution in [0.4, 0.5) is 4.79 Å². The van der Waals surface area contributed by atoms with Gasteiger partial charge in [-0.1, -0.05) is 13.8 Å². The van der Waals surface area contributed by atoms with E-state index < -0.39 is 11.5 Å². The fourth-order valence-electron chi connectivity index (χ4n) is 2.19. The fraction of sp³-hybridized carbons (Fsp3) is 0.846. The van der Waals surface area contributed by atoms with Crippen LogP contribution in [-0.2, 0) is 4.79 Å². The lowest BCUT2D eigenvalue weighted by molar-refractivity contribution is -0.139. The molecule has 1 fully saturated rings. The summed E-state index contributed by atoms with van der Waals surface area (Å²) in [4.78, 5) is 24.6. The second kappa shape index (κ2) is 5.59. The SMILES string of the molecule is CC(C)C(C)N(C)C(=O)NC1(CC(=O)O)CCC1. The maximum atomic E-state index is 12.1. The van der Waals surface area contributed by atoms with Crippen molar-refractivity contribution in [1.29, 1.82) is 0 Å². The molecule has 0 aromatic rings. The molecule has 1 atom stereocenters. The summed E-state index contributed by atoms with van der Waals surface area (Å²) in [6.45, 7) is 6.12. The molecule has 2 N–H and O–H groups in total. The third kappa shape index (κ3) is 3.37. The van der Waals surface area contributed by atoms with Gasteiger partial charge in [0.1, 0.15) is 0 Å². The molecule has 0 saturated heterocycles. The van der Waals surface area contributed by atoms with Crippen LogP contribution in [-0.4, -0.2) is 40.6 Å². The summed E-state index contributed by atoms with van der Waals surface area (Å²) < 4.78 is 0. The van der Waals surface area contributed by atoms with Crippen molar-refractivity contribution in [2.45, 2.75) is 58.0 Å². The Labute approximate surface area is 109 Å². The number of aliphatic carboxylic acids is 1. The topological polar surface area (TPSA) is 69.6 Å². The first-order chi connectivity index (χ1) is 8.27. The molecule has 104 valence electrons. The number of carbonyl (C=O) groups is 2. The largest absolute Gasteiger partial charge is 0.481 e. The molecule has 0 aromatic heterocycles. The van der Waals surface area contributed by atoms with Crippen molar-refractivity contribution in [3.05, 3.63) is 0 Å². The van der Waals surface area contributed by atoms with E-state index in [0.717, 1.165) is 19.3 Å². The van der Waals surface area contributed by atoms with Gasteiger partial charge in [0.2, 0.25) is 0 Å². The summed E-state index contributed by atoms with van der Waals surface area (Å²) in [5.74, 6) is -0.480. The fourth-order valence-corrected chi connectivity index (χ4v) is 2.19. The van der Waals surface area contributed by atoms with Crippen LogP contribution < -0.4 is 5.32 Å². The number of carboxylic acid groups (broad SMARTS) is 1. The van der Waals surface area contributed by atoms with Crippen molar-refractivity contribution in [1.82, 2.24) is 10.2 Å². The number of rotatable bonds is 5. The normalized spacial score (nSPS) is 18.9. The summed E-state index contributed by atoms with van der Waals surface area (Å²) >= 11 is 0. The summed E-state index contributed by atoms with van der Waals surface area (Å²) in [6, 6.07) is -0.0379. The van der Waals surface area contributed by atoms with Gasteiger partial charge >= 0.3 is 12.0 Å². The predicted octanol–water partition coefficient (Wildman–Crippen LogP) is 2.07. The van der Waals surface area contributed by atoms with E-state index >= 15 is 0 Å². The Morgan fingerprint density at radius 2 is 1.89 bits per heavy atom. The van der Waals surface area contributed by atoms with Crippen LogP contribution in [0.25, 0.3) is 0 Å². The highest BCUT2D eigenvalue weighted by atomic mass is 16.4. The highest BCUT2D eigenvalue weighted by Crippen LogP contribution is 2.35. The van der Waals surface area contributed by atoms with Gasteiger partial charge in [0.05, 0.1) is 12.0 Å². The van der Waals surface area contributed by atoms with Gasteiger partial charge in [0, 0.05) is 13.1 Å². The molecule has 0 aromatic carbocycles. The molecule has 0 spiro atoms. The zero-order valence-electron chi connectivity index (χ0n) is 11.7. The zero-order chi connectivity index (χ0) is 13.9. The molecule has 1 unspecified atom stereocenters. The van der Waals surface area contributed by atoms with Crippen LogP contribution >= 0.6 is 0 Å². The molecule has 0 bridgehead atoms. The monoisotopic (exact) mass is 256 g/mol. The molecule has 1 aliphatic rings. The average Bonchev–Trinajstić information content (AvgIpc) is 2.22. The van der Waals surface area contributed by atoms with Gasteiger partial charge in [-0.2, -0.15) is 0 Å². The van der Waals surface area contributed by atoms with Gasteiger partial charge in [-0.15, -0.1) is 0 Å². The average molecular weight is 256 g/mol. The molecule has 1 rings (SSSR count). The van der Waals surface area contributed by atoms with Gasteiger partial charge in [0.15, 0.2) is 0 Å². The minimum atomic E-state index is -0.852. The molecule has 5 heteroatoms. The van der Waals surface area contributed by atoms with Gasteiger partial charge in [0.25, 0.3) is 0 Å². The number of carbonyl (C=O) groups excluding carboxylic acids is 1. The van der Waals surface area contributed by atoms with E-state index in [1.165, 1.54) is 0 Å². The van der Waals surface area contributed by atoms with E-state index in [4.69, 9.17) is 5.11 Å². The first-order valence-electron chi connectivity index (χ1n) is 6.54. The highest BCUT2D eigenvalue weighted by molar-refractivity contribution is 5.77. The summed E-state index contributed by atoms with van der Waals surface area (Å²) in [5.41, 5.74) is -0.520. The Kier molecular flexibility index (Phi) is 4.59. The smallest absolute Gasteiger partial charge is 0.317 e. The lowest BCUT2D eigenvalue weighted by Gasteiger charge is -2.43. The summed E-state index contributed by atoms with van der Waals surface area (Å²) in [6.07, 6.45) is 2.52. The van der Waals surface area contributed by atoms with Crippen molar-refractivity contribution in [2.75, 3.05) is 7.05 Å². The molecular weight excluding hydrogens is 232 g/mol. The molecule has 1 saturated carbocycles. The Morgan fingerprint density at radius 3 is 2.22 bits per heavy atom. The Balaban J connectivity index is 2.60. The zero-order valence-corrected chi connectivity index (χ0v) is 11.7. The first-order valence-corrected chi connectivity index (χ1v) is 6.54. The standard InChI is InChI=1S/C13H24N2O3/c1-9(2)10(3)15(4)12(18)14-13(6-5-7-13)8-11(16)17/h9-10H,5-8H2,1-4H3,(H,14,18)(H,16,17). The molecular formula is C13H24N2O3. The third-order valence-corrected chi connectivity index (χ3v) is 4.07. The first kappa shape index (κ1) is 14.8. The van der Waals surface area contributed by atoms with Crippen LogP contribution in [0.5, 0.6) is 0 Å². The molecule has 1 aliphatic carbocycles. The van der Waals surface area contributed by atoms with Crippen LogP contribution in [0.15, 0.2) is 0 Å².